The molecule has 0 aromatic carbocycles. The molecule has 0 saturated heterocycles. The number of hydrogen-bond acceptors (Lipinski definition) is 4. The van der Waals surface area contributed by atoms with Gasteiger partial charge in [0.05, 0.1) is 11.6 Å². The van der Waals surface area contributed by atoms with Gasteiger partial charge in [0.2, 0.25) is 5.95 Å². The number of hydrogen-bond donors (Lipinski definition) is 1. The van der Waals surface area contributed by atoms with Crippen LogP contribution in [0.1, 0.15) is 19.8 Å². The first-order valence-electron chi connectivity index (χ1n) is 6.13. The largest absolute Gasteiger partial charge is 0.380 e. The van der Waals surface area contributed by atoms with Gasteiger partial charge in [0.15, 0.2) is 5.65 Å². The van der Waals surface area contributed by atoms with E-state index in [1.54, 1.807) is 16.8 Å². The lowest BCUT2D eigenvalue weighted by Crippen LogP contribution is -2.10. The van der Waals surface area contributed by atoms with E-state index in [0.29, 0.717) is 24.1 Å². The highest BCUT2D eigenvalue weighted by Crippen LogP contribution is 2.11. The van der Waals surface area contributed by atoms with Crippen molar-refractivity contribution in [3.63, 3.8) is 0 Å². The monoisotopic (exact) mass is 268 g/mol. The first kappa shape index (κ1) is 13.1. The maximum Gasteiger partial charge on any atom is 0.243 e. The van der Waals surface area contributed by atoms with Crippen molar-refractivity contribution in [3.8, 4) is 0 Å². The van der Waals surface area contributed by atoms with E-state index in [-0.39, 0.29) is 0 Å². The molecule has 6 heteroatoms. The van der Waals surface area contributed by atoms with Gasteiger partial charge in [0.25, 0.3) is 0 Å². The Hall–Kier alpha value is -1.33. The average molecular weight is 269 g/mol. The van der Waals surface area contributed by atoms with Gasteiger partial charge in [-0.15, -0.1) is 5.10 Å². The quantitative estimate of drug-likeness (QED) is 0.785. The second-order valence-corrected chi connectivity index (χ2v) is 4.41. The zero-order valence-corrected chi connectivity index (χ0v) is 11.2. The fourth-order valence-electron chi connectivity index (χ4n) is 1.52. The highest BCUT2D eigenvalue weighted by molar-refractivity contribution is 6.30. The molecule has 18 heavy (non-hydrogen) atoms. The summed E-state index contributed by atoms with van der Waals surface area (Å²) in [6.07, 6.45) is 3.99. The summed E-state index contributed by atoms with van der Waals surface area (Å²) >= 11 is 5.87. The Morgan fingerprint density at radius 3 is 3.11 bits per heavy atom. The molecule has 2 aromatic heterocycles. The maximum atomic E-state index is 5.87. The van der Waals surface area contributed by atoms with Crippen LogP contribution >= 0.6 is 11.6 Å². The van der Waals surface area contributed by atoms with Crippen LogP contribution in [0.4, 0.5) is 5.95 Å². The molecule has 0 radical (unpaired) electrons. The predicted octanol–water partition coefficient (Wildman–Crippen LogP) is 2.61. The SMILES string of the molecule is CCCCOCCNc1nc2ccc(Cl)cn2n1. The standard InChI is InChI=1S/C12H17ClN4O/c1-2-3-7-18-8-6-14-12-15-11-5-4-10(13)9-17(11)16-12/h4-5,9H,2-3,6-8H2,1H3,(H,14,16). The van der Waals surface area contributed by atoms with E-state index in [1.165, 1.54) is 0 Å². The summed E-state index contributed by atoms with van der Waals surface area (Å²) in [5, 5.41) is 8.02. The van der Waals surface area contributed by atoms with E-state index in [4.69, 9.17) is 16.3 Å². The van der Waals surface area contributed by atoms with Crippen LogP contribution in [-0.2, 0) is 4.74 Å². The molecule has 98 valence electrons. The molecule has 0 aliphatic heterocycles. The Bertz CT molecular complexity index is 500. The van der Waals surface area contributed by atoms with E-state index in [1.807, 2.05) is 6.07 Å². The third-order valence-corrected chi connectivity index (χ3v) is 2.69. The smallest absolute Gasteiger partial charge is 0.243 e. The van der Waals surface area contributed by atoms with Crippen LogP contribution in [0.5, 0.6) is 0 Å². The topological polar surface area (TPSA) is 51.5 Å². The molecular formula is C12H17ClN4O. The van der Waals surface area contributed by atoms with Crippen LogP contribution in [0.2, 0.25) is 5.02 Å². The number of ether oxygens (including phenoxy) is 1. The molecule has 2 rings (SSSR count). The van der Waals surface area contributed by atoms with E-state index >= 15 is 0 Å². The second kappa shape index (κ2) is 6.56. The predicted molar refractivity (Wildman–Crippen MR) is 72.2 cm³/mol. The number of anilines is 1. The molecule has 0 aliphatic rings. The van der Waals surface area contributed by atoms with Gasteiger partial charge in [-0.2, -0.15) is 4.98 Å². The average Bonchev–Trinajstić information content (AvgIpc) is 2.75. The molecule has 0 amide bonds. The normalized spacial score (nSPS) is 11.0. The van der Waals surface area contributed by atoms with Crippen LogP contribution in [0.3, 0.4) is 0 Å². The van der Waals surface area contributed by atoms with Gasteiger partial charge in [0.1, 0.15) is 0 Å². The minimum absolute atomic E-state index is 0.594. The van der Waals surface area contributed by atoms with Crippen LogP contribution in [-0.4, -0.2) is 34.4 Å². The third kappa shape index (κ3) is 3.58. The van der Waals surface area contributed by atoms with Crippen LogP contribution in [0.15, 0.2) is 18.3 Å². The minimum atomic E-state index is 0.594. The summed E-state index contributed by atoms with van der Waals surface area (Å²) in [6, 6.07) is 3.63. The van der Waals surface area contributed by atoms with Crippen LogP contribution in [0.25, 0.3) is 5.65 Å². The number of nitrogens with zero attached hydrogens (tertiary/aromatic N) is 3. The molecule has 2 aromatic rings. The number of aromatic nitrogens is 3. The lowest BCUT2D eigenvalue weighted by Gasteiger charge is -2.03. The van der Waals surface area contributed by atoms with Gasteiger partial charge in [0, 0.05) is 19.3 Å². The van der Waals surface area contributed by atoms with E-state index < -0.39 is 0 Å². The summed E-state index contributed by atoms with van der Waals surface area (Å²) in [7, 11) is 0. The van der Waals surface area contributed by atoms with Crippen molar-refractivity contribution in [3.05, 3.63) is 23.4 Å². The number of pyridine rings is 1. The van der Waals surface area contributed by atoms with Gasteiger partial charge in [-0.1, -0.05) is 24.9 Å². The summed E-state index contributed by atoms with van der Waals surface area (Å²) in [5.41, 5.74) is 0.772. The third-order valence-electron chi connectivity index (χ3n) is 2.47. The highest BCUT2D eigenvalue weighted by Gasteiger charge is 2.02. The molecule has 0 unspecified atom stereocenters. The summed E-state index contributed by atoms with van der Waals surface area (Å²) < 4.78 is 7.10. The number of halogens is 1. The van der Waals surface area contributed by atoms with Crippen molar-refractivity contribution in [1.29, 1.82) is 0 Å². The molecular weight excluding hydrogens is 252 g/mol. The number of unbranched alkanes of at least 4 members (excludes halogenated alkanes) is 1. The summed E-state index contributed by atoms with van der Waals surface area (Å²) in [5.74, 6) is 0.594. The van der Waals surface area contributed by atoms with Crippen molar-refractivity contribution in [2.45, 2.75) is 19.8 Å². The van der Waals surface area contributed by atoms with Gasteiger partial charge >= 0.3 is 0 Å². The molecule has 0 aliphatic carbocycles. The first-order chi connectivity index (χ1) is 8.79. The Kier molecular flexibility index (Phi) is 4.78. The number of nitrogens with one attached hydrogen (secondary N) is 1. The summed E-state index contributed by atoms with van der Waals surface area (Å²) in [4.78, 5) is 4.31. The summed E-state index contributed by atoms with van der Waals surface area (Å²) in [6.45, 7) is 4.32. The zero-order valence-electron chi connectivity index (χ0n) is 10.4. The van der Waals surface area contributed by atoms with E-state index in [2.05, 4.69) is 22.3 Å². The van der Waals surface area contributed by atoms with E-state index in [9.17, 15) is 0 Å². The molecule has 0 atom stereocenters. The molecule has 5 nitrogen and oxygen atoms in total. The number of rotatable bonds is 7. The Morgan fingerprint density at radius 1 is 1.39 bits per heavy atom. The fraction of sp³-hybridized carbons (Fsp3) is 0.500. The van der Waals surface area contributed by atoms with Crippen molar-refractivity contribution < 1.29 is 4.74 Å². The van der Waals surface area contributed by atoms with Gasteiger partial charge < -0.3 is 10.1 Å². The lowest BCUT2D eigenvalue weighted by atomic mass is 10.4. The molecule has 2 heterocycles. The molecule has 0 bridgehead atoms. The number of fused-ring (bicyclic) bond motifs is 1. The van der Waals surface area contributed by atoms with Crippen LogP contribution in [0, 0.1) is 0 Å². The Balaban J connectivity index is 1.81. The minimum Gasteiger partial charge on any atom is -0.380 e. The molecule has 1 N–H and O–H groups in total. The maximum absolute atomic E-state index is 5.87. The van der Waals surface area contributed by atoms with Gasteiger partial charge in [-0.05, 0) is 18.6 Å². The van der Waals surface area contributed by atoms with Crippen molar-refractivity contribution >= 4 is 23.2 Å². The zero-order chi connectivity index (χ0) is 12.8. The molecule has 0 fully saturated rings. The van der Waals surface area contributed by atoms with E-state index in [0.717, 1.165) is 25.1 Å². The second-order valence-electron chi connectivity index (χ2n) is 3.98. The molecule has 0 saturated carbocycles. The van der Waals surface area contributed by atoms with Crippen molar-refractivity contribution in [2.75, 3.05) is 25.1 Å². The Morgan fingerprint density at radius 2 is 2.28 bits per heavy atom. The first-order valence-corrected chi connectivity index (χ1v) is 6.51. The van der Waals surface area contributed by atoms with Crippen molar-refractivity contribution in [2.24, 2.45) is 0 Å². The molecule has 0 spiro atoms. The lowest BCUT2D eigenvalue weighted by molar-refractivity contribution is 0.141. The van der Waals surface area contributed by atoms with Crippen LogP contribution < -0.4 is 5.32 Å². The fourth-order valence-corrected chi connectivity index (χ4v) is 1.67. The van der Waals surface area contributed by atoms with Gasteiger partial charge in [-0.25, -0.2) is 4.52 Å². The van der Waals surface area contributed by atoms with Gasteiger partial charge in [-0.3, -0.25) is 0 Å². The Labute approximate surface area is 111 Å². The highest BCUT2D eigenvalue weighted by atomic mass is 35.5. The van der Waals surface area contributed by atoms with Crippen molar-refractivity contribution in [1.82, 2.24) is 14.6 Å².